The molecule has 0 aliphatic heterocycles. The van der Waals surface area contributed by atoms with E-state index in [1.165, 1.54) is 11.1 Å². The molecule has 1 aromatic carbocycles. The molecule has 1 fully saturated rings. The number of rotatable bonds is 2. The van der Waals surface area contributed by atoms with Crippen molar-refractivity contribution in [2.24, 2.45) is 5.92 Å². The molecule has 3 nitrogen and oxygen atoms in total. The minimum atomic E-state index is -0.858. The van der Waals surface area contributed by atoms with Crippen LogP contribution in [0.3, 0.4) is 0 Å². The highest BCUT2D eigenvalue weighted by Gasteiger charge is 2.44. The van der Waals surface area contributed by atoms with Crippen LogP contribution in [0.1, 0.15) is 66.9 Å². The van der Waals surface area contributed by atoms with Gasteiger partial charge < -0.3 is 5.11 Å². The van der Waals surface area contributed by atoms with Gasteiger partial charge in [-0.25, -0.2) is 4.79 Å². The van der Waals surface area contributed by atoms with E-state index in [1.807, 2.05) is 12.1 Å². The molecule has 0 heterocycles. The summed E-state index contributed by atoms with van der Waals surface area (Å²) in [7, 11) is 0. The number of hydrogen-bond donors (Lipinski definition) is 1. The highest BCUT2D eigenvalue weighted by molar-refractivity contribution is 5.88. The molecule has 0 saturated heterocycles. The van der Waals surface area contributed by atoms with Crippen molar-refractivity contribution >= 4 is 11.8 Å². The third kappa shape index (κ3) is 2.29. The molecule has 0 radical (unpaired) electrons. The van der Waals surface area contributed by atoms with Crippen LogP contribution < -0.4 is 0 Å². The number of carboxylic acid groups (broad SMARTS) is 1. The summed E-state index contributed by atoms with van der Waals surface area (Å²) in [5, 5.41) is 9.20. The van der Waals surface area contributed by atoms with E-state index in [0.717, 1.165) is 32.1 Å². The van der Waals surface area contributed by atoms with E-state index in [0.29, 0.717) is 30.1 Å². The van der Waals surface area contributed by atoms with Crippen LogP contribution in [0.4, 0.5) is 0 Å². The number of ketones is 1. The van der Waals surface area contributed by atoms with E-state index in [4.69, 9.17) is 0 Å². The summed E-state index contributed by atoms with van der Waals surface area (Å²) in [5.41, 5.74) is 2.96. The average molecular weight is 286 g/mol. The molecule has 0 bridgehead atoms. The molecule has 1 N–H and O–H groups in total. The number of Topliss-reactive ketones (excluding diaryl/α,β-unsaturated/α-hetero) is 1. The molecule has 21 heavy (non-hydrogen) atoms. The minimum Gasteiger partial charge on any atom is -0.478 e. The van der Waals surface area contributed by atoms with Gasteiger partial charge in [-0.1, -0.05) is 13.0 Å². The molecule has 0 unspecified atom stereocenters. The van der Waals surface area contributed by atoms with Gasteiger partial charge in [0.05, 0.1) is 5.56 Å². The second-order valence-electron chi connectivity index (χ2n) is 6.52. The predicted molar refractivity (Wildman–Crippen MR) is 80.7 cm³/mol. The van der Waals surface area contributed by atoms with Gasteiger partial charge in [0, 0.05) is 12.8 Å². The topological polar surface area (TPSA) is 54.4 Å². The quantitative estimate of drug-likeness (QED) is 0.901. The fourth-order valence-corrected chi connectivity index (χ4v) is 4.49. The van der Waals surface area contributed by atoms with Crippen molar-refractivity contribution in [1.29, 1.82) is 0 Å². The number of aryl methyl sites for hydroxylation is 1. The number of carbonyl (C=O) groups excluding carboxylic acids is 1. The zero-order chi connectivity index (χ0) is 15.0. The minimum absolute atomic E-state index is 0.0801. The monoisotopic (exact) mass is 286 g/mol. The Balaban J connectivity index is 2.11. The normalized spacial score (nSPS) is 28.4. The first-order valence-electron chi connectivity index (χ1n) is 7.95. The van der Waals surface area contributed by atoms with E-state index in [1.54, 1.807) is 6.07 Å². The maximum absolute atomic E-state index is 11.9. The van der Waals surface area contributed by atoms with Gasteiger partial charge in [0.1, 0.15) is 5.78 Å². The molecule has 112 valence electrons. The van der Waals surface area contributed by atoms with Crippen LogP contribution in [0.5, 0.6) is 0 Å². The lowest BCUT2D eigenvalue weighted by atomic mass is 9.60. The van der Waals surface area contributed by atoms with Crippen molar-refractivity contribution in [3.63, 3.8) is 0 Å². The Kier molecular flexibility index (Phi) is 3.60. The molecule has 2 atom stereocenters. The van der Waals surface area contributed by atoms with Crippen LogP contribution >= 0.6 is 0 Å². The number of aromatic carboxylic acids is 1. The molecule has 2 aliphatic carbocycles. The molecular formula is C18H22O3. The molecule has 2 aliphatic rings. The maximum Gasteiger partial charge on any atom is 0.335 e. The lowest BCUT2D eigenvalue weighted by Gasteiger charge is -2.43. The second-order valence-corrected chi connectivity index (χ2v) is 6.52. The maximum atomic E-state index is 11.9. The number of hydrogen-bond acceptors (Lipinski definition) is 2. The van der Waals surface area contributed by atoms with E-state index in [2.05, 4.69) is 6.92 Å². The fourth-order valence-electron chi connectivity index (χ4n) is 4.49. The van der Waals surface area contributed by atoms with Gasteiger partial charge >= 0.3 is 5.97 Å². The largest absolute Gasteiger partial charge is 0.478 e. The third-order valence-electron chi connectivity index (χ3n) is 5.62. The van der Waals surface area contributed by atoms with Crippen molar-refractivity contribution < 1.29 is 14.7 Å². The first-order chi connectivity index (χ1) is 10.1. The highest BCUT2D eigenvalue weighted by Crippen LogP contribution is 2.50. The Bertz CT molecular complexity index is 590. The van der Waals surface area contributed by atoms with E-state index >= 15 is 0 Å². The van der Waals surface area contributed by atoms with Crippen LogP contribution in [0.15, 0.2) is 18.2 Å². The van der Waals surface area contributed by atoms with Crippen molar-refractivity contribution in [3.05, 3.63) is 34.9 Å². The van der Waals surface area contributed by atoms with E-state index in [9.17, 15) is 14.7 Å². The molecule has 1 aromatic rings. The number of carboxylic acids is 1. The van der Waals surface area contributed by atoms with Gasteiger partial charge in [0.15, 0.2) is 0 Å². The molecule has 0 aromatic heterocycles. The van der Waals surface area contributed by atoms with Crippen LogP contribution in [-0.2, 0) is 16.6 Å². The Labute approximate surface area is 125 Å². The molecule has 3 heteroatoms. The zero-order valence-corrected chi connectivity index (χ0v) is 12.5. The Morgan fingerprint density at radius 3 is 2.90 bits per heavy atom. The van der Waals surface area contributed by atoms with Crippen LogP contribution in [-0.4, -0.2) is 16.9 Å². The van der Waals surface area contributed by atoms with Gasteiger partial charge in [-0.3, -0.25) is 4.79 Å². The number of benzene rings is 1. The summed E-state index contributed by atoms with van der Waals surface area (Å²) in [5.74, 6) is -0.0293. The summed E-state index contributed by atoms with van der Waals surface area (Å²) in [4.78, 5) is 23.1. The predicted octanol–water partition coefficient (Wildman–Crippen LogP) is 3.74. The number of carbonyl (C=O) groups is 2. The third-order valence-corrected chi connectivity index (χ3v) is 5.62. The standard InChI is InChI=1S/C18H22O3/c1-2-18-9-8-15(19)11-14(18)5-3-4-12-10-13(17(20)21)6-7-16(12)18/h6-7,10,14H,2-5,8-9,11H2,1H3,(H,20,21)/t14-,18+/m0/s1. The molecule has 0 spiro atoms. The van der Waals surface area contributed by atoms with Crippen LogP contribution in [0, 0.1) is 5.92 Å². The van der Waals surface area contributed by atoms with E-state index < -0.39 is 5.97 Å². The van der Waals surface area contributed by atoms with Gasteiger partial charge in [0.25, 0.3) is 0 Å². The summed E-state index contributed by atoms with van der Waals surface area (Å²) in [6.45, 7) is 2.21. The fraction of sp³-hybridized carbons (Fsp3) is 0.556. The molecular weight excluding hydrogens is 264 g/mol. The molecule has 0 amide bonds. The summed E-state index contributed by atoms with van der Waals surface area (Å²) in [6, 6.07) is 5.61. The zero-order valence-electron chi connectivity index (χ0n) is 12.5. The first-order valence-corrected chi connectivity index (χ1v) is 7.95. The first kappa shape index (κ1) is 14.3. The Morgan fingerprint density at radius 1 is 1.38 bits per heavy atom. The van der Waals surface area contributed by atoms with Crippen molar-refractivity contribution in [1.82, 2.24) is 0 Å². The molecule has 3 rings (SSSR count). The summed E-state index contributed by atoms with van der Waals surface area (Å²) < 4.78 is 0. The Morgan fingerprint density at radius 2 is 2.19 bits per heavy atom. The van der Waals surface area contributed by atoms with Crippen molar-refractivity contribution in [3.8, 4) is 0 Å². The van der Waals surface area contributed by atoms with Gasteiger partial charge in [-0.15, -0.1) is 0 Å². The molecule has 1 saturated carbocycles. The van der Waals surface area contributed by atoms with Gasteiger partial charge in [-0.05, 0) is 66.7 Å². The van der Waals surface area contributed by atoms with Gasteiger partial charge in [-0.2, -0.15) is 0 Å². The van der Waals surface area contributed by atoms with E-state index in [-0.39, 0.29) is 5.41 Å². The average Bonchev–Trinajstić information content (AvgIpc) is 2.63. The van der Waals surface area contributed by atoms with Crippen LogP contribution in [0.25, 0.3) is 0 Å². The summed E-state index contributed by atoms with van der Waals surface area (Å²) >= 11 is 0. The lowest BCUT2D eigenvalue weighted by molar-refractivity contribution is -0.123. The van der Waals surface area contributed by atoms with Gasteiger partial charge in [0.2, 0.25) is 0 Å². The van der Waals surface area contributed by atoms with Crippen LogP contribution in [0.2, 0.25) is 0 Å². The Hall–Kier alpha value is -1.64. The lowest BCUT2D eigenvalue weighted by Crippen LogP contribution is -2.40. The van der Waals surface area contributed by atoms with Crippen molar-refractivity contribution in [2.75, 3.05) is 0 Å². The second kappa shape index (κ2) is 5.28. The van der Waals surface area contributed by atoms with Crippen molar-refractivity contribution in [2.45, 2.75) is 57.3 Å². The SMILES string of the molecule is CC[C@@]12CCC(=O)C[C@@H]1CCCc1cc(C(=O)O)ccc12. The highest BCUT2D eigenvalue weighted by atomic mass is 16.4. The summed E-state index contributed by atoms with van der Waals surface area (Å²) in [6.07, 6.45) is 6.39. The number of fused-ring (bicyclic) bond motifs is 3. The smallest absolute Gasteiger partial charge is 0.335 e.